The molecule has 0 aromatic heterocycles. The predicted molar refractivity (Wildman–Crippen MR) is 58.4 cm³/mol. The molecule has 0 atom stereocenters. The van der Waals surface area contributed by atoms with E-state index in [9.17, 15) is 29.4 Å². The van der Waals surface area contributed by atoms with Gasteiger partial charge in [0.25, 0.3) is 0 Å². The molecule has 0 N–H and O–H groups in total. The van der Waals surface area contributed by atoms with Crippen LogP contribution < -0.4 is 10.2 Å². The van der Waals surface area contributed by atoms with Gasteiger partial charge in [-0.25, -0.2) is 0 Å². The molecule has 2 heterocycles. The number of amides is 4. The first-order valence-electron chi connectivity index (χ1n) is 5.46. The van der Waals surface area contributed by atoms with Crippen molar-refractivity contribution < 1.29 is 29.4 Å². The van der Waals surface area contributed by atoms with Gasteiger partial charge in [-0.1, -0.05) is 0 Å². The third-order valence-corrected chi connectivity index (χ3v) is 2.59. The number of carboxylic acid groups (broad SMARTS) is 2. The summed E-state index contributed by atoms with van der Waals surface area (Å²) in [6, 6.07) is 0. The molecule has 0 bridgehead atoms. The summed E-state index contributed by atoms with van der Waals surface area (Å²) in [7, 11) is 0. The Morgan fingerprint density at radius 3 is 1.26 bits per heavy atom. The van der Waals surface area contributed by atoms with Crippen LogP contribution >= 0.6 is 0 Å². The Hall–Kier alpha value is -1.35. The van der Waals surface area contributed by atoms with Gasteiger partial charge in [-0.2, -0.15) is 0 Å². The molecule has 2 aliphatic heterocycles. The second-order valence-electron chi connectivity index (χ2n) is 3.83. The van der Waals surface area contributed by atoms with Crippen molar-refractivity contribution in [3.05, 3.63) is 0 Å². The molecule has 2 aliphatic rings. The van der Waals surface area contributed by atoms with Crippen LogP contribution in [-0.2, 0) is 9.59 Å². The Morgan fingerprint density at radius 1 is 0.842 bits per heavy atom. The quantitative estimate of drug-likeness (QED) is 0.453. The number of likely N-dealkylation sites (tertiary alicyclic amines) is 2. The monoisotopic (exact) mass is 280 g/mol. The molecule has 2 saturated heterocycles. The first-order chi connectivity index (χ1) is 8.43. The summed E-state index contributed by atoms with van der Waals surface area (Å²) < 4.78 is 0. The van der Waals surface area contributed by atoms with Crippen molar-refractivity contribution in [1.29, 1.82) is 0 Å². The van der Waals surface area contributed by atoms with Crippen molar-refractivity contribution in [3.63, 3.8) is 0 Å². The van der Waals surface area contributed by atoms with E-state index in [4.69, 9.17) is 0 Å². The van der Waals surface area contributed by atoms with Gasteiger partial charge in [0.1, 0.15) is 12.2 Å². The number of carbonyl (C=O) groups is 4. The zero-order chi connectivity index (χ0) is 13.7. The van der Waals surface area contributed by atoms with E-state index in [2.05, 4.69) is 0 Å². The zero-order valence-corrected chi connectivity index (χ0v) is 11.7. The van der Waals surface area contributed by atoms with Crippen LogP contribution in [0.4, 0.5) is 9.59 Å². The normalized spacial score (nSPS) is 17.7. The minimum atomic E-state index is -1.38. The van der Waals surface area contributed by atoms with Crippen LogP contribution in [0.5, 0.6) is 0 Å². The maximum absolute atomic E-state index is 10.5. The van der Waals surface area contributed by atoms with Crippen molar-refractivity contribution in [3.8, 4) is 0 Å². The maximum atomic E-state index is 10.5. The van der Waals surface area contributed by atoms with Crippen LogP contribution in [0.1, 0.15) is 25.7 Å². The molecular weight excluding hydrogens is 268 g/mol. The molecule has 0 spiro atoms. The van der Waals surface area contributed by atoms with E-state index in [0.717, 1.165) is 9.80 Å². The van der Waals surface area contributed by atoms with E-state index in [-0.39, 0.29) is 34.9 Å². The van der Waals surface area contributed by atoms with Crippen LogP contribution in [0.3, 0.4) is 0 Å². The Labute approximate surface area is 125 Å². The second-order valence-corrected chi connectivity index (χ2v) is 3.83. The average molecular weight is 281 g/mol. The summed E-state index contributed by atoms with van der Waals surface area (Å²) in [5, 5.41) is 20.0. The summed E-state index contributed by atoms with van der Waals surface area (Å²) in [6.45, 7) is 0.613. The fraction of sp³-hybridized carbons (Fsp3) is 0.600. The van der Waals surface area contributed by atoms with Crippen LogP contribution in [0.15, 0.2) is 0 Å². The van der Waals surface area contributed by atoms with Crippen molar-refractivity contribution in [2.45, 2.75) is 25.7 Å². The van der Waals surface area contributed by atoms with E-state index in [1.165, 1.54) is 0 Å². The van der Waals surface area contributed by atoms with Crippen LogP contribution in [0, 0.1) is 0 Å². The fourth-order valence-corrected chi connectivity index (χ4v) is 1.68. The van der Waals surface area contributed by atoms with Gasteiger partial charge in [-0.3, -0.25) is 19.4 Å². The molecule has 0 aromatic rings. The summed E-state index contributed by atoms with van der Waals surface area (Å²) in [5.41, 5.74) is 0. The van der Waals surface area contributed by atoms with Crippen LogP contribution in [0.2, 0.25) is 0 Å². The Morgan fingerprint density at radius 2 is 1.16 bits per heavy atom. The zero-order valence-electron chi connectivity index (χ0n) is 10.3. The van der Waals surface area contributed by atoms with Gasteiger partial charge in [-0.05, 0) is 12.8 Å². The number of carbonyl (C=O) groups excluding carboxylic acids is 4. The standard InChI is InChI=1S/2C5H7NO3.Mg/c2*7-4-2-1-3-6(4)5(8)9;/h2*1-3H2,(H,8,9);/q;;+2/p-2. The summed E-state index contributed by atoms with van der Waals surface area (Å²) in [6.07, 6.45) is -0.809. The summed E-state index contributed by atoms with van der Waals surface area (Å²) >= 11 is 0. The molecule has 0 radical (unpaired) electrons. The molecule has 8 nitrogen and oxygen atoms in total. The molecule has 19 heavy (non-hydrogen) atoms. The maximum Gasteiger partial charge on any atom is 2.00 e. The molecular formula is C10H12MgN2O6. The molecule has 2 fully saturated rings. The van der Waals surface area contributed by atoms with E-state index < -0.39 is 12.2 Å². The number of nitrogens with zero attached hydrogens (tertiary/aromatic N) is 2. The molecule has 0 aromatic carbocycles. The molecule has 0 saturated carbocycles. The van der Waals surface area contributed by atoms with Gasteiger partial charge < -0.3 is 19.8 Å². The van der Waals surface area contributed by atoms with E-state index in [0.29, 0.717) is 38.8 Å². The second kappa shape index (κ2) is 7.95. The molecule has 9 heteroatoms. The summed E-state index contributed by atoms with van der Waals surface area (Å²) in [4.78, 5) is 42.5. The third-order valence-electron chi connectivity index (χ3n) is 2.59. The van der Waals surface area contributed by atoms with Gasteiger partial charge in [0, 0.05) is 25.9 Å². The average Bonchev–Trinajstić information content (AvgIpc) is 2.87. The Balaban J connectivity index is 0.000000324. The van der Waals surface area contributed by atoms with Crippen molar-refractivity contribution >= 4 is 47.1 Å². The smallest absolute Gasteiger partial charge is 0.530 e. The third kappa shape index (κ3) is 5.03. The van der Waals surface area contributed by atoms with Gasteiger partial charge in [0.05, 0.1) is 0 Å². The summed E-state index contributed by atoms with van der Waals surface area (Å²) in [5.74, 6) is -0.676. The molecule has 2 rings (SSSR count). The van der Waals surface area contributed by atoms with Gasteiger partial charge in [-0.15, -0.1) is 0 Å². The van der Waals surface area contributed by atoms with E-state index in [1.54, 1.807) is 0 Å². The van der Waals surface area contributed by atoms with Gasteiger partial charge in [0.15, 0.2) is 0 Å². The minimum absolute atomic E-state index is 0. The molecule has 0 aliphatic carbocycles. The molecule has 100 valence electrons. The van der Waals surface area contributed by atoms with Crippen molar-refractivity contribution in [2.24, 2.45) is 0 Å². The van der Waals surface area contributed by atoms with Crippen LogP contribution in [0.25, 0.3) is 0 Å². The fourth-order valence-electron chi connectivity index (χ4n) is 1.68. The van der Waals surface area contributed by atoms with Crippen molar-refractivity contribution in [1.82, 2.24) is 9.80 Å². The first kappa shape index (κ1) is 17.6. The Kier molecular flexibility index (Phi) is 7.38. The van der Waals surface area contributed by atoms with E-state index in [1.807, 2.05) is 0 Å². The minimum Gasteiger partial charge on any atom is -0.530 e. The van der Waals surface area contributed by atoms with Crippen molar-refractivity contribution in [2.75, 3.05) is 13.1 Å². The van der Waals surface area contributed by atoms with E-state index >= 15 is 0 Å². The SMILES string of the molecule is O=C([O-])N1CCCC1=O.O=C([O-])N1CCCC1=O.[Mg+2]. The number of imide groups is 2. The van der Waals surface area contributed by atoms with Crippen LogP contribution in [-0.4, -0.2) is 69.9 Å². The number of rotatable bonds is 0. The number of hydrogen-bond donors (Lipinski definition) is 0. The van der Waals surface area contributed by atoms with Gasteiger partial charge >= 0.3 is 23.1 Å². The largest absolute Gasteiger partial charge is 2.00 e. The predicted octanol–water partition coefficient (Wildman–Crippen LogP) is -2.48. The first-order valence-corrected chi connectivity index (χ1v) is 5.46. The van der Waals surface area contributed by atoms with Gasteiger partial charge in [0.2, 0.25) is 11.8 Å². The topological polar surface area (TPSA) is 121 Å². The molecule has 0 unspecified atom stereocenters. The number of hydrogen-bond acceptors (Lipinski definition) is 6. The molecule has 4 amide bonds. The Bertz CT molecular complexity index is 350.